The number of ether oxygens (including phenoxy) is 1. The Morgan fingerprint density at radius 2 is 2.00 bits per heavy atom. The molecule has 2 aromatic rings. The number of aryl methyl sites for hydroxylation is 1. The number of nitrogens with zero attached hydrogens (tertiary/aromatic N) is 3. The van der Waals surface area contributed by atoms with Gasteiger partial charge in [-0.15, -0.1) is 0 Å². The molecule has 3 rings (SSSR count). The highest BCUT2D eigenvalue weighted by atomic mass is 16.6. The molecule has 25 heavy (non-hydrogen) atoms. The Balaban J connectivity index is 1.58. The number of hydrogen-bond donors (Lipinski definition) is 0. The lowest BCUT2D eigenvalue weighted by atomic mass is 9.97. The van der Waals surface area contributed by atoms with Gasteiger partial charge >= 0.3 is 6.09 Å². The molecular formula is C20H29N3O2. The van der Waals surface area contributed by atoms with Crippen LogP contribution in [0.15, 0.2) is 24.4 Å². The van der Waals surface area contributed by atoms with Crippen molar-refractivity contribution in [3.8, 4) is 0 Å². The van der Waals surface area contributed by atoms with E-state index in [0.717, 1.165) is 44.4 Å². The molecule has 1 amide bonds. The molecule has 1 aliphatic heterocycles. The predicted octanol–water partition coefficient (Wildman–Crippen LogP) is 4.25. The lowest BCUT2D eigenvalue weighted by Crippen LogP contribution is -2.42. The molecule has 0 saturated carbocycles. The summed E-state index contributed by atoms with van der Waals surface area (Å²) in [5.74, 6) is 0.554. The third-order valence-corrected chi connectivity index (χ3v) is 4.78. The molecule has 0 aliphatic carbocycles. The van der Waals surface area contributed by atoms with E-state index < -0.39 is 5.60 Å². The summed E-state index contributed by atoms with van der Waals surface area (Å²) in [7, 11) is 0. The molecule has 2 heterocycles. The van der Waals surface area contributed by atoms with E-state index in [1.165, 1.54) is 10.9 Å². The van der Waals surface area contributed by atoms with Crippen molar-refractivity contribution in [3.63, 3.8) is 0 Å². The van der Waals surface area contributed by atoms with Gasteiger partial charge in [0.2, 0.25) is 0 Å². The molecule has 1 aliphatic rings. The Morgan fingerprint density at radius 3 is 2.64 bits per heavy atom. The van der Waals surface area contributed by atoms with Gasteiger partial charge in [-0.2, -0.15) is 5.10 Å². The van der Waals surface area contributed by atoms with Crippen LogP contribution in [0.2, 0.25) is 0 Å². The molecule has 5 nitrogen and oxygen atoms in total. The molecular weight excluding hydrogens is 314 g/mol. The zero-order valence-corrected chi connectivity index (χ0v) is 15.8. The van der Waals surface area contributed by atoms with Crippen LogP contribution >= 0.6 is 0 Å². The molecule has 0 bridgehead atoms. The standard InChI is InChI=1S/C20H29N3O2/c1-5-16-7-6-8-18-17(16)14-23(21-18)13-15-9-11-22(12-10-15)19(24)25-20(2,3)4/h6-8,14-15H,5,9-13H2,1-4H3. The summed E-state index contributed by atoms with van der Waals surface area (Å²) in [5.41, 5.74) is 1.99. The van der Waals surface area contributed by atoms with Crippen molar-refractivity contribution in [1.82, 2.24) is 14.7 Å². The van der Waals surface area contributed by atoms with Gasteiger partial charge in [0.25, 0.3) is 0 Å². The average Bonchev–Trinajstić information content (AvgIpc) is 2.96. The minimum Gasteiger partial charge on any atom is -0.444 e. The molecule has 0 spiro atoms. The van der Waals surface area contributed by atoms with Crippen molar-refractivity contribution in [2.24, 2.45) is 5.92 Å². The van der Waals surface area contributed by atoms with E-state index >= 15 is 0 Å². The van der Waals surface area contributed by atoms with E-state index in [1.54, 1.807) is 0 Å². The number of carbonyl (C=O) groups excluding carboxylic acids is 1. The summed E-state index contributed by atoms with van der Waals surface area (Å²) in [6.07, 6.45) is 5.00. The summed E-state index contributed by atoms with van der Waals surface area (Å²) in [6, 6.07) is 6.33. The van der Waals surface area contributed by atoms with Gasteiger partial charge in [-0.3, -0.25) is 4.68 Å². The maximum atomic E-state index is 12.2. The van der Waals surface area contributed by atoms with Crippen LogP contribution in [0.3, 0.4) is 0 Å². The molecule has 1 saturated heterocycles. The quantitative estimate of drug-likeness (QED) is 0.837. The Morgan fingerprint density at radius 1 is 1.28 bits per heavy atom. The Bertz CT molecular complexity index is 737. The highest BCUT2D eigenvalue weighted by Crippen LogP contribution is 2.23. The number of piperidine rings is 1. The first-order valence-corrected chi connectivity index (χ1v) is 9.28. The molecule has 0 unspecified atom stereocenters. The van der Waals surface area contributed by atoms with Gasteiger partial charge in [-0.25, -0.2) is 4.79 Å². The van der Waals surface area contributed by atoms with E-state index in [0.29, 0.717) is 5.92 Å². The molecule has 0 N–H and O–H groups in total. The van der Waals surface area contributed by atoms with Crippen LogP contribution in [0.5, 0.6) is 0 Å². The Kier molecular flexibility index (Phi) is 5.02. The summed E-state index contributed by atoms with van der Waals surface area (Å²) >= 11 is 0. The van der Waals surface area contributed by atoms with Crippen molar-refractivity contribution >= 4 is 17.0 Å². The first-order chi connectivity index (χ1) is 11.9. The summed E-state index contributed by atoms with van der Waals surface area (Å²) in [4.78, 5) is 14.0. The first kappa shape index (κ1) is 17.8. The van der Waals surface area contributed by atoms with Gasteiger partial charge in [-0.05, 0) is 57.6 Å². The van der Waals surface area contributed by atoms with Crippen molar-refractivity contribution < 1.29 is 9.53 Å². The number of aromatic nitrogens is 2. The number of amides is 1. The van der Waals surface area contributed by atoms with Crippen molar-refractivity contribution in [3.05, 3.63) is 30.0 Å². The SMILES string of the molecule is CCc1cccc2nn(CC3CCN(C(=O)OC(C)(C)C)CC3)cc12. The number of rotatable bonds is 3. The van der Waals surface area contributed by atoms with E-state index in [1.807, 2.05) is 25.7 Å². The predicted molar refractivity (Wildman–Crippen MR) is 99.6 cm³/mol. The Hall–Kier alpha value is -2.04. The molecule has 136 valence electrons. The fraction of sp³-hybridized carbons (Fsp3) is 0.600. The normalized spacial score (nSPS) is 16.4. The van der Waals surface area contributed by atoms with Gasteiger partial charge in [0.1, 0.15) is 5.60 Å². The lowest BCUT2D eigenvalue weighted by molar-refractivity contribution is 0.0177. The number of likely N-dealkylation sites (tertiary alicyclic amines) is 1. The molecule has 5 heteroatoms. The zero-order valence-electron chi connectivity index (χ0n) is 15.8. The van der Waals surface area contributed by atoms with E-state index in [2.05, 4.69) is 36.0 Å². The number of fused-ring (bicyclic) bond motifs is 1. The monoisotopic (exact) mass is 343 g/mol. The van der Waals surface area contributed by atoms with Gasteiger partial charge in [0.05, 0.1) is 5.52 Å². The third-order valence-electron chi connectivity index (χ3n) is 4.78. The molecule has 0 atom stereocenters. The number of carbonyl (C=O) groups is 1. The molecule has 1 aromatic heterocycles. The number of benzene rings is 1. The van der Waals surface area contributed by atoms with Gasteiger partial charge < -0.3 is 9.64 Å². The summed E-state index contributed by atoms with van der Waals surface area (Å²) < 4.78 is 7.55. The van der Waals surface area contributed by atoms with Crippen LogP contribution in [-0.2, 0) is 17.7 Å². The largest absolute Gasteiger partial charge is 0.444 e. The maximum Gasteiger partial charge on any atom is 0.410 e. The second-order valence-electron chi connectivity index (χ2n) is 7.97. The highest BCUT2D eigenvalue weighted by molar-refractivity contribution is 5.81. The average molecular weight is 343 g/mol. The Labute approximate surface area is 149 Å². The summed E-state index contributed by atoms with van der Waals surface area (Å²) in [5, 5.41) is 5.99. The minimum absolute atomic E-state index is 0.191. The fourth-order valence-electron chi connectivity index (χ4n) is 3.44. The highest BCUT2D eigenvalue weighted by Gasteiger charge is 2.27. The van der Waals surface area contributed by atoms with Crippen LogP contribution < -0.4 is 0 Å². The fourth-order valence-corrected chi connectivity index (χ4v) is 3.44. The van der Waals surface area contributed by atoms with E-state index in [-0.39, 0.29) is 6.09 Å². The smallest absolute Gasteiger partial charge is 0.410 e. The van der Waals surface area contributed by atoms with Crippen LogP contribution in [-0.4, -0.2) is 39.5 Å². The molecule has 1 aromatic carbocycles. The maximum absolute atomic E-state index is 12.2. The van der Waals surface area contributed by atoms with Crippen LogP contribution in [0, 0.1) is 5.92 Å². The zero-order chi connectivity index (χ0) is 18.0. The molecule has 1 fully saturated rings. The van der Waals surface area contributed by atoms with Crippen molar-refractivity contribution in [1.29, 1.82) is 0 Å². The van der Waals surface area contributed by atoms with Gasteiger partial charge in [0, 0.05) is 31.2 Å². The van der Waals surface area contributed by atoms with Gasteiger partial charge in [-0.1, -0.05) is 19.1 Å². The van der Waals surface area contributed by atoms with E-state index in [9.17, 15) is 4.79 Å². The van der Waals surface area contributed by atoms with Crippen molar-refractivity contribution in [2.75, 3.05) is 13.1 Å². The lowest BCUT2D eigenvalue weighted by Gasteiger charge is -2.33. The van der Waals surface area contributed by atoms with Crippen LogP contribution in [0.4, 0.5) is 4.79 Å². The van der Waals surface area contributed by atoms with Crippen LogP contribution in [0.25, 0.3) is 10.9 Å². The molecule has 0 radical (unpaired) electrons. The number of hydrogen-bond acceptors (Lipinski definition) is 3. The topological polar surface area (TPSA) is 47.4 Å². The third kappa shape index (κ3) is 4.33. The summed E-state index contributed by atoms with van der Waals surface area (Å²) in [6.45, 7) is 10.3. The second kappa shape index (κ2) is 7.06. The van der Waals surface area contributed by atoms with Crippen molar-refractivity contribution in [2.45, 2.75) is 59.1 Å². The second-order valence-corrected chi connectivity index (χ2v) is 7.97. The minimum atomic E-state index is -0.430. The van der Waals surface area contributed by atoms with Crippen LogP contribution in [0.1, 0.15) is 46.1 Å². The van der Waals surface area contributed by atoms with Gasteiger partial charge in [0.15, 0.2) is 0 Å². The van der Waals surface area contributed by atoms with E-state index in [4.69, 9.17) is 9.84 Å². The first-order valence-electron chi connectivity index (χ1n) is 9.28.